The van der Waals surface area contributed by atoms with Crippen molar-refractivity contribution >= 4 is 21.4 Å². The van der Waals surface area contributed by atoms with Crippen molar-refractivity contribution in [2.24, 2.45) is 0 Å². The van der Waals surface area contributed by atoms with E-state index in [4.69, 9.17) is 0 Å². The van der Waals surface area contributed by atoms with Crippen LogP contribution >= 0.6 is 0 Å². The highest BCUT2D eigenvalue weighted by molar-refractivity contribution is 7.91. The molecule has 1 aromatic carbocycles. The Kier molecular flexibility index (Phi) is 4.45. The van der Waals surface area contributed by atoms with Crippen molar-refractivity contribution in [2.75, 3.05) is 16.8 Å². The Morgan fingerprint density at radius 2 is 1.95 bits per heavy atom. The lowest BCUT2D eigenvalue weighted by Crippen LogP contribution is -2.44. The van der Waals surface area contributed by atoms with Crippen LogP contribution in [-0.2, 0) is 14.6 Å². The van der Waals surface area contributed by atoms with E-state index in [9.17, 15) is 13.2 Å². The van der Waals surface area contributed by atoms with Gasteiger partial charge in [-0.05, 0) is 32.4 Å². The molecule has 5 nitrogen and oxygen atoms in total. The van der Waals surface area contributed by atoms with Gasteiger partial charge in [-0.1, -0.05) is 17.7 Å². The predicted molar refractivity (Wildman–Crippen MR) is 79.5 cm³/mol. The Balaban J connectivity index is 1.88. The zero-order valence-corrected chi connectivity index (χ0v) is 12.5. The van der Waals surface area contributed by atoms with Crippen molar-refractivity contribution in [1.82, 2.24) is 5.32 Å². The summed E-state index contributed by atoms with van der Waals surface area (Å²) in [6, 6.07) is 7.00. The van der Waals surface area contributed by atoms with Gasteiger partial charge in [0.1, 0.15) is 0 Å². The molecule has 0 saturated carbocycles. The molecule has 0 aromatic heterocycles. The van der Waals surface area contributed by atoms with Gasteiger partial charge in [0.15, 0.2) is 9.84 Å². The fourth-order valence-corrected chi connectivity index (χ4v) is 3.93. The molecule has 0 spiro atoms. The molecule has 0 aliphatic carbocycles. The molecule has 1 heterocycles. The summed E-state index contributed by atoms with van der Waals surface area (Å²) >= 11 is 0. The topological polar surface area (TPSA) is 75.3 Å². The summed E-state index contributed by atoms with van der Waals surface area (Å²) in [5, 5.41) is 5.89. The fraction of sp³-hybridized carbons (Fsp3) is 0.500. The van der Waals surface area contributed by atoms with E-state index >= 15 is 0 Å². The number of aryl methyl sites for hydroxylation is 1. The molecule has 0 radical (unpaired) electrons. The van der Waals surface area contributed by atoms with Crippen molar-refractivity contribution in [3.8, 4) is 0 Å². The van der Waals surface area contributed by atoms with Crippen LogP contribution in [0.25, 0.3) is 0 Å². The van der Waals surface area contributed by atoms with Crippen molar-refractivity contribution in [3.05, 3.63) is 29.8 Å². The molecule has 6 heteroatoms. The molecule has 1 aliphatic rings. The summed E-state index contributed by atoms with van der Waals surface area (Å²) < 4.78 is 22.7. The van der Waals surface area contributed by atoms with Crippen molar-refractivity contribution < 1.29 is 13.2 Å². The summed E-state index contributed by atoms with van der Waals surface area (Å²) in [7, 11) is -2.92. The smallest absolute Gasteiger partial charge is 0.241 e. The largest absolute Gasteiger partial charge is 0.325 e. The number of nitrogens with one attached hydrogen (secondary N) is 2. The van der Waals surface area contributed by atoms with E-state index in [-0.39, 0.29) is 23.5 Å². The first kappa shape index (κ1) is 15.0. The van der Waals surface area contributed by atoms with Crippen LogP contribution < -0.4 is 10.6 Å². The molecule has 0 bridgehead atoms. The molecule has 110 valence electrons. The third kappa shape index (κ3) is 4.05. The monoisotopic (exact) mass is 296 g/mol. The highest BCUT2D eigenvalue weighted by Gasteiger charge is 2.29. The van der Waals surface area contributed by atoms with Crippen LogP contribution in [0.5, 0.6) is 0 Å². The van der Waals surface area contributed by atoms with Gasteiger partial charge in [0.05, 0.1) is 17.5 Å². The zero-order chi connectivity index (χ0) is 14.8. The first-order valence-electron chi connectivity index (χ1n) is 6.70. The number of carbonyl (C=O) groups is 1. The Bertz CT molecular complexity index is 581. The molecule has 2 rings (SSSR count). The van der Waals surface area contributed by atoms with Crippen LogP contribution in [0, 0.1) is 6.92 Å². The SMILES string of the molecule is Cc1ccc(NC(=O)C(C)NC2CCS(=O)(=O)C2)cc1. The molecular weight excluding hydrogens is 276 g/mol. The molecule has 2 atom stereocenters. The Hall–Kier alpha value is -1.40. The van der Waals surface area contributed by atoms with Gasteiger partial charge >= 0.3 is 0 Å². The van der Waals surface area contributed by atoms with E-state index in [1.54, 1.807) is 6.92 Å². The Labute approximate surface area is 119 Å². The minimum absolute atomic E-state index is 0.120. The Morgan fingerprint density at radius 1 is 1.30 bits per heavy atom. The third-order valence-corrected chi connectivity index (χ3v) is 5.20. The average Bonchev–Trinajstić information content (AvgIpc) is 2.71. The van der Waals surface area contributed by atoms with Gasteiger partial charge in [-0.15, -0.1) is 0 Å². The van der Waals surface area contributed by atoms with Gasteiger partial charge in [0.25, 0.3) is 0 Å². The number of rotatable bonds is 4. The number of hydrogen-bond acceptors (Lipinski definition) is 4. The average molecular weight is 296 g/mol. The molecule has 1 aliphatic heterocycles. The van der Waals surface area contributed by atoms with Crippen molar-refractivity contribution in [2.45, 2.75) is 32.4 Å². The minimum Gasteiger partial charge on any atom is -0.325 e. The molecule has 20 heavy (non-hydrogen) atoms. The van der Waals surface area contributed by atoms with Gasteiger partial charge in [-0.25, -0.2) is 8.42 Å². The van der Waals surface area contributed by atoms with E-state index in [2.05, 4.69) is 10.6 Å². The second kappa shape index (κ2) is 5.93. The second-order valence-electron chi connectivity index (χ2n) is 5.34. The van der Waals surface area contributed by atoms with Crippen molar-refractivity contribution in [3.63, 3.8) is 0 Å². The van der Waals surface area contributed by atoms with Gasteiger partial charge in [0, 0.05) is 11.7 Å². The molecular formula is C14H20N2O3S. The lowest BCUT2D eigenvalue weighted by atomic mass is 10.2. The summed E-state index contributed by atoms with van der Waals surface area (Å²) in [6.07, 6.45) is 0.574. The number of carbonyl (C=O) groups excluding carboxylic acids is 1. The minimum atomic E-state index is -2.92. The molecule has 1 amide bonds. The van der Waals surface area contributed by atoms with E-state index in [1.807, 2.05) is 31.2 Å². The summed E-state index contributed by atoms with van der Waals surface area (Å²) in [6.45, 7) is 3.73. The molecule has 1 saturated heterocycles. The van der Waals surface area contributed by atoms with Crippen LogP contribution in [0.1, 0.15) is 18.9 Å². The second-order valence-corrected chi connectivity index (χ2v) is 7.57. The number of sulfone groups is 1. The third-order valence-electron chi connectivity index (χ3n) is 3.43. The van der Waals surface area contributed by atoms with Gasteiger partial charge < -0.3 is 10.6 Å². The number of anilines is 1. The molecule has 2 N–H and O–H groups in total. The lowest BCUT2D eigenvalue weighted by Gasteiger charge is -2.18. The van der Waals surface area contributed by atoms with E-state index in [0.29, 0.717) is 6.42 Å². The summed E-state index contributed by atoms with van der Waals surface area (Å²) in [4.78, 5) is 12.0. The lowest BCUT2D eigenvalue weighted by molar-refractivity contribution is -0.117. The number of hydrogen-bond donors (Lipinski definition) is 2. The van der Waals surface area contributed by atoms with Crippen LogP contribution in [0.4, 0.5) is 5.69 Å². The number of benzene rings is 1. The summed E-state index contributed by atoms with van der Waals surface area (Å²) in [5.41, 5.74) is 1.87. The molecule has 1 fully saturated rings. The van der Waals surface area contributed by atoms with Crippen LogP contribution in [0.15, 0.2) is 24.3 Å². The molecule has 2 unspecified atom stereocenters. The number of amides is 1. The quantitative estimate of drug-likeness (QED) is 0.872. The predicted octanol–water partition coefficient (Wildman–Crippen LogP) is 1.10. The first-order chi connectivity index (χ1) is 9.35. The van der Waals surface area contributed by atoms with Crippen molar-refractivity contribution in [1.29, 1.82) is 0 Å². The highest BCUT2D eigenvalue weighted by Crippen LogP contribution is 2.13. The molecule has 1 aromatic rings. The van der Waals surface area contributed by atoms with E-state index in [1.165, 1.54) is 0 Å². The maximum atomic E-state index is 12.0. The van der Waals surface area contributed by atoms with E-state index < -0.39 is 15.9 Å². The van der Waals surface area contributed by atoms with Gasteiger partial charge in [-0.3, -0.25) is 4.79 Å². The van der Waals surface area contributed by atoms with Gasteiger partial charge in [-0.2, -0.15) is 0 Å². The summed E-state index contributed by atoms with van der Waals surface area (Å²) in [5.74, 6) is 0.171. The van der Waals surface area contributed by atoms with Crippen LogP contribution in [-0.4, -0.2) is 37.9 Å². The van der Waals surface area contributed by atoms with Gasteiger partial charge in [0.2, 0.25) is 5.91 Å². The maximum Gasteiger partial charge on any atom is 0.241 e. The maximum absolute atomic E-state index is 12.0. The van der Waals surface area contributed by atoms with E-state index in [0.717, 1.165) is 11.3 Å². The Morgan fingerprint density at radius 3 is 2.50 bits per heavy atom. The van der Waals surface area contributed by atoms with Crippen LogP contribution in [0.3, 0.4) is 0 Å². The fourth-order valence-electron chi connectivity index (χ4n) is 2.24. The standard InChI is InChI=1S/C14H20N2O3S/c1-10-3-5-12(6-4-10)16-14(17)11(2)15-13-7-8-20(18,19)9-13/h3-6,11,13,15H,7-9H2,1-2H3,(H,16,17). The van der Waals surface area contributed by atoms with Crippen LogP contribution in [0.2, 0.25) is 0 Å². The zero-order valence-electron chi connectivity index (χ0n) is 11.7. The normalized spacial score (nSPS) is 22.4. The first-order valence-corrected chi connectivity index (χ1v) is 8.52. The highest BCUT2D eigenvalue weighted by atomic mass is 32.2.